The topological polar surface area (TPSA) is 96.0 Å². The highest BCUT2D eigenvalue weighted by molar-refractivity contribution is 6.15. The van der Waals surface area contributed by atoms with Crippen LogP contribution in [0.15, 0.2) is 48.5 Å². The summed E-state index contributed by atoms with van der Waals surface area (Å²) in [5.74, 6) is -3.45. The Morgan fingerprint density at radius 3 is 2.04 bits per heavy atom. The van der Waals surface area contributed by atoms with Gasteiger partial charge in [-0.2, -0.15) is 18.4 Å². The van der Waals surface area contributed by atoms with Gasteiger partial charge in [-0.15, -0.1) is 12.4 Å². The third-order valence-electron chi connectivity index (χ3n) is 3.33. The van der Waals surface area contributed by atoms with Gasteiger partial charge in [0.05, 0.1) is 11.6 Å². The number of carbonyl (C=O) groups is 2. The van der Waals surface area contributed by atoms with Crippen LogP contribution < -0.4 is 11.1 Å². The van der Waals surface area contributed by atoms with Gasteiger partial charge in [-0.05, 0) is 36.4 Å². The van der Waals surface area contributed by atoms with Gasteiger partial charge in [0.2, 0.25) is 5.91 Å². The van der Waals surface area contributed by atoms with Gasteiger partial charge in [-0.25, -0.2) is 0 Å². The molecular weight excluding hydrogens is 371 g/mol. The first-order valence-corrected chi connectivity index (χ1v) is 7.00. The number of alkyl halides is 3. The van der Waals surface area contributed by atoms with Gasteiger partial charge in [-0.3, -0.25) is 9.59 Å². The Bertz CT molecular complexity index is 828. The molecule has 0 aliphatic rings. The summed E-state index contributed by atoms with van der Waals surface area (Å²) in [5.41, 5.74) is 5.23. The number of nitrogens with one attached hydrogen (secondary N) is 1. The number of hydrogen-bond donors (Lipinski definition) is 2. The Labute approximate surface area is 153 Å². The summed E-state index contributed by atoms with van der Waals surface area (Å²) in [7, 11) is 0. The van der Waals surface area contributed by atoms with E-state index in [2.05, 4.69) is 5.32 Å². The number of halogens is 4. The molecule has 0 aliphatic heterocycles. The highest BCUT2D eigenvalue weighted by Crippen LogP contribution is 2.29. The summed E-state index contributed by atoms with van der Waals surface area (Å²) in [6.45, 7) is 0. The van der Waals surface area contributed by atoms with Crippen LogP contribution in [0.3, 0.4) is 0 Å². The third-order valence-corrected chi connectivity index (χ3v) is 3.33. The monoisotopic (exact) mass is 383 g/mol. The van der Waals surface area contributed by atoms with Gasteiger partial charge in [-0.1, -0.05) is 12.1 Å². The van der Waals surface area contributed by atoms with Gasteiger partial charge in [0.25, 0.3) is 0 Å². The Balaban J connectivity index is 0.00000338. The number of anilines is 2. The van der Waals surface area contributed by atoms with E-state index in [1.807, 2.05) is 0 Å². The van der Waals surface area contributed by atoms with Crippen molar-refractivity contribution in [1.29, 1.82) is 5.26 Å². The van der Waals surface area contributed by atoms with Crippen LogP contribution in [0.2, 0.25) is 0 Å². The Kier molecular flexibility index (Phi) is 6.75. The molecule has 1 atom stereocenters. The predicted molar refractivity (Wildman–Crippen MR) is 91.6 cm³/mol. The van der Waals surface area contributed by atoms with E-state index in [-0.39, 0.29) is 18.0 Å². The standard InChI is InChI=1S/C17H12F3N3O2.ClH/c18-17(19,20)11-3-1-10(2-4-11)15(24)14(9-21)16(25)23-13-7-5-12(22)6-8-13;/h1-8,14H,22H2,(H,23,25);1H. The Morgan fingerprint density at radius 1 is 1.04 bits per heavy atom. The minimum absolute atomic E-state index is 0. The normalized spacial score (nSPS) is 11.6. The van der Waals surface area contributed by atoms with E-state index in [9.17, 15) is 22.8 Å². The molecule has 0 heterocycles. The summed E-state index contributed by atoms with van der Waals surface area (Å²) in [6, 6.07) is 10.9. The smallest absolute Gasteiger partial charge is 0.399 e. The zero-order valence-corrected chi connectivity index (χ0v) is 13.9. The summed E-state index contributed by atoms with van der Waals surface area (Å²) in [4.78, 5) is 24.3. The quantitative estimate of drug-likeness (QED) is 0.478. The maximum Gasteiger partial charge on any atom is 0.416 e. The van der Waals surface area contributed by atoms with Crippen molar-refractivity contribution in [2.24, 2.45) is 5.92 Å². The second-order valence-corrected chi connectivity index (χ2v) is 5.11. The van der Waals surface area contributed by atoms with Crippen molar-refractivity contribution in [2.75, 3.05) is 11.1 Å². The fraction of sp³-hybridized carbons (Fsp3) is 0.118. The molecule has 0 aliphatic carbocycles. The number of amides is 1. The van der Waals surface area contributed by atoms with Crippen LogP contribution in [-0.4, -0.2) is 11.7 Å². The number of nitrogen functional groups attached to an aromatic ring is 1. The molecule has 9 heteroatoms. The molecule has 1 amide bonds. The molecule has 2 aromatic carbocycles. The SMILES string of the molecule is Cl.N#CC(C(=O)Nc1ccc(N)cc1)C(=O)c1ccc(C(F)(F)F)cc1. The molecule has 3 N–H and O–H groups in total. The largest absolute Gasteiger partial charge is 0.416 e. The zero-order chi connectivity index (χ0) is 18.6. The molecule has 136 valence electrons. The average Bonchev–Trinajstić information content (AvgIpc) is 2.57. The number of nitrogens with two attached hydrogens (primary N) is 1. The van der Waals surface area contributed by atoms with Crippen LogP contribution in [0, 0.1) is 17.2 Å². The zero-order valence-electron chi connectivity index (χ0n) is 13.1. The van der Waals surface area contributed by atoms with E-state index < -0.39 is 29.3 Å². The first kappa shape index (κ1) is 21.0. The molecule has 5 nitrogen and oxygen atoms in total. The van der Waals surface area contributed by atoms with Crippen molar-refractivity contribution in [3.05, 3.63) is 59.7 Å². The molecule has 2 aromatic rings. The molecule has 0 bridgehead atoms. The molecule has 0 spiro atoms. The van der Waals surface area contributed by atoms with E-state index in [1.165, 1.54) is 24.3 Å². The number of nitriles is 1. The first-order chi connectivity index (χ1) is 11.7. The van der Waals surface area contributed by atoms with Crippen LogP contribution in [0.4, 0.5) is 24.5 Å². The van der Waals surface area contributed by atoms with E-state index in [0.29, 0.717) is 11.4 Å². The van der Waals surface area contributed by atoms with Crippen molar-refractivity contribution in [1.82, 2.24) is 0 Å². The van der Waals surface area contributed by atoms with Crippen LogP contribution in [0.5, 0.6) is 0 Å². The summed E-state index contributed by atoms with van der Waals surface area (Å²) < 4.78 is 37.6. The van der Waals surface area contributed by atoms with Gasteiger partial charge in [0.15, 0.2) is 11.7 Å². The summed E-state index contributed by atoms with van der Waals surface area (Å²) in [5, 5.41) is 11.5. The maximum atomic E-state index is 12.5. The predicted octanol–water partition coefficient (Wildman–Crippen LogP) is 3.67. The van der Waals surface area contributed by atoms with Crippen molar-refractivity contribution in [3.8, 4) is 6.07 Å². The van der Waals surface area contributed by atoms with E-state index in [4.69, 9.17) is 11.0 Å². The van der Waals surface area contributed by atoms with Crippen LogP contribution >= 0.6 is 12.4 Å². The number of ketones is 1. The maximum absolute atomic E-state index is 12.5. The van der Waals surface area contributed by atoms with Crippen molar-refractivity contribution in [3.63, 3.8) is 0 Å². The molecule has 0 radical (unpaired) electrons. The highest BCUT2D eigenvalue weighted by Gasteiger charge is 2.32. The number of nitrogens with zero attached hydrogens (tertiary/aromatic N) is 1. The van der Waals surface area contributed by atoms with E-state index in [0.717, 1.165) is 24.3 Å². The lowest BCUT2D eigenvalue weighted by atomic mass is 9.97. The summed E-state index contributed by atoms with van der Waals surface area (Å²) in [6.07, 6.45) is -4.54. The van der Waals surface area contributed by atoms with Crippen molar-refractivity contribution in [2.45, 2.75) is 6.18 Å². The molecule has 26 heavy (non-hydrogen) atoms. The molecule has 1 unspecified atom stereocenters. The van der Waals surface area contributed by atoms with Gasteiger partial charge in [0, 0.05) is 16.9 Å². The lowest BCUT2D eigenvalue weighted by molar-refractivity contribution is -0.137. The number of Topliss-reactive ketones (excluding diaryl/α,β-unsaturated/α-hetero) is 1. The van der Waals surface area contributed by atoms with Crippen LogP contribution in [0.1, 0.15) is 15.9 Å². The fourth-order valence-corrected chi connectivity index (χ4v) is 2.01. The first-order valence-electron chi connectivity index (χ1n) is 7.00. The second kappa shape index (κ2) is 8.36. The lowest BCUT2D eigenvalue weighted by Gasteiger charge is -2.11. The van der Waals surface area contributed by atoms with E-state index >= 15 is 0 Å². The Hall–Kier alpha value is -3.05. The fourth-order valence-electron chi connectivity index (χ4n) is 2.01. The lowest BCUT2D eigenvalue weighted by Crippen LogP contribution is -2.28. The molecule has 0 saturated heterocycles. The van der Waals surface area contributed by atoms with Crippen molar-refractivity contribution >= 4 is 35.5 Å². The van der Waals surface area contributed by atoms with Gasteiger partial charge in [0.1, 0.15) is 0 Å². The number of benzene rings is 2. The highest BCUT2D eigenvalue weighted by atomic mass is 35.5. The van der Waals surface area contributed by atoms with E-state index in [1.54, 1.807) is 6.07 Å². The third kappa shape index (κ3) is 4.97. The summed E-state index contributed by atoms with van der Waals surface area (Å²) >= 11 is 0. The minimum atomic E-state index is -4.54. The van der Waals surface area contributed by atoms with Gasteiger partial charge < -0.3 is 11.1 Å². The molecule has 0 saturated carbocycles. The molecule has 0 aromatic heterocycles. The van der Waals surface area contributed by atoms with Crippen LogP contribution in [0.25, 0.3) is 0 Å². The van der Waals surface area contributed by atoms with Gasteiger partial charge >= 0.3 is 6.18 Å². The average molecular weight is 384 g/mol. The molecule has 0 fully saturated rings. The van der Waals surface area contributed by atoms with Crippen LogP contribution in [-0.2, 0) is 11.0 Å². The number of hydrogen-bond acceptors (Lipinski definition) is 4. The number of carbonyl (C=O) groups excluding carboxylic acids is 2. The second-order valence-electron chi connectivity index (χ2n) is 5.11. The Morgan fingerprint density at radius 2 is 1.58 bits per heavy atom. The number of rotatable bonds is 4. The molecule has 2 rings (SSSR count). The minimum Gasteiger partial charge on any atom is -0.399 e. The molecular formula is C17H13ClF3N3O2. The van der Waals surface area contributed by atoms with Crippen molar-refractivity contribution < 1.29 is 22.8 Å².